The summed E-state index contributed by atoms with van der Waals surface area (Å²) in [6.45, 7) is 0.251. The molecule has 0 radical (unpaired) electrons. The van der Waals surface area contributed by atoms with Crippen molar-refractivity contribution in [1.82, 2.24) is 9.78 Å². The first-order valence-corrected chi connectivity index (χ1v) is 8.08. The van der Waals surface area contributed by atoms with Crippen LogP contribution in [-0.4, -0.2) is 15.7 Å². The summed E-state index contributed by atoms with van der Waals surface area (Å²) in [6, 6.07) is 18.5. The molecule has 1 N–H and O–H groups in total. The predicted molar refractivity (Wildman–Crippen MR) is 98.2 cm³/mol. The zero-order chi connectivity index (χ0) is 18.5. The molecule has 7 heteroatoms. The van der Waals surface area contributed by atoms with Crippen LogP contribution in [0.4, 0.5) is 5.69 Å². The second-order valence-electron chi connectivity index (χ2n) is 5.46. The van der Waals surface area contributed by atoms with Gasteiger partial charge in [-0.1, -0.05) is 41.9 Å². The van der Waals surface area contributed by atoms with Crippen molar-refractivity contribution in [2.24, 2.45) is 0 Å². The summed E-state index contributed by atoms with van der Waals surface area (Å²) in [6.07, 6.45) is 0. The number of halogens is 1. The summed E-state index contributed by atoms with van der Waals surface area (Å²) in [7, 11) is 0. The fraction of sp³-hybridized carbons (Fsp3) is 0.0526. The molecule has 0 aliphatic heterocycles. The molecule has 0 saturated heterocycles. The molecule has 0 fully saturated rings. The first-order chi connectivity index (χ1) is 12.6. The van der Waals surface area contributed by atoms with E-state index in [9.17, 15) is 9.59 Å². The molecule has 0 bridgehead atoms. The number of amides is 1. The number of carbonyl (C=O) groups excluding carboxylic acids is 1. The SMILES string of the molecule is N#Cc1ccc(Cl)cc1NC(=O)c1ccc(=O)n(Cc2ccccc2)n1. The van der Waals surface area contributed by atoms with Crippen molar-refractivity contribution < 1.29 is 4.79 Å². The van der Waals surface area contributed by atoms with E-state index in [-0.39, 0.29) is 29.0 Å². The summed E-state index contributed by atoms with van der Waals surface area (Å²) in [5, 5.41) is 16.2. The number of hydrogen-bond acceptors (Lipinski definition) is 4. The highest BCUT2D eigenvalue weighted by molar-refractivity contribution is 6.31. The van der Waals surface area contributed by atoms with Gasteiger partial charge in [0, 0.05) is 11.1 Å². The van der Waals surface area contributed by atoms with Gasteiger partial charge in [-0.05, 0) is 29.8 Å². The summed E-state index contributed by atoms with van der Waals surface area (Å²) in [5.41, 5.74) is 1.20. The second kappa shape index (κ2) is 7.64. The van der Waals surface area contributed by atoms with Gasteiger partial charge in [-0.2, -0.15) is 10.4 Å². The number of nitriles is 1. The zero-order valence-corrected chi connectivity index (χ0v) is 14.3. The molecule has 0 spiro atoms. The molecule has 0 saturated carbocycles. The molecule has 0 atom stereocenters. The van der Waals surface area contributed by atoms with Crippen molar-refractivity contribution in [3.63, 3.8) is 0 Å². The summed E-state index contributed by atoms with van der Waals surface area (Å²) < 4.78 is 1.22. The normalized spacial score (nSPS) is 10.2. The van der Waals surface area contributed by atoms with E-state index in [1.54, 1.807) is 6.07 Å². The van der Waals surface area contributed by atoms with E-state index < -0.39 is 5.91 Å². The van der Waals surface area contributed by atoms with Gasteiger partial charge in [-0.15, -0.1) is 0 Å². The van der Waals surface area contributed by atoms with Crippen LogP contribution in [0.15, 0.2) is 65.5 Å². The Morgan fingerprint density at radius 2 is 1.92 bits per heavy atom. The quantitative estimate of drug-likeness (QED) is 0.770. The Bertz CT molecular complexity index is 1060. The monoisotopic (exact) mass is 364 g/mol. The molecule has 1 heterocycles. The van der Waals surface area contributed by atoms with E-state index in [4.69, 9.17) is 16.9 Å². The Morgan fingerprint density at radius 1 is 1.15 bits per heavy atom. The van der Waals surface area contributed by atoms with Crippen LogP contribution >= 0.6 is 11.6 Å². The standard InChI is InChI=1S/C19H13ClN4O2/c20-15-7-6-14(11-21)17(10-15)22-19(26)16-8-9-18(25)24(23-16)12-13-4-2-1-3-5-13/h1-10H,12H2,(H,22,26). The molecular formula is C19H13ClN4O2. The molecule has 0 aliphatic rings. The second-order valence-corrected chi connectivity index (χ2v) is 5.89. The van der Waals surface area contributed by atoms with Crippen LogP contribution in [0.5, 0.6) is 0 Å². The molecular weight excluding hydrogens is 352 g/mol. The van der Waals surface area contributed by atoms with Crippen LogP contribution in [0.3, 0.4) is 0 Å². The smallest absolute Gasteiger partial charge is 0.276 e. The molecule has 6 nitrogen and oxygen atoms in total. The van der Waals surface area contributed by atoms with Gasteiger partial charge in [0.25, 0.3) is 11.5 Å². The van der Waals surface area contributed by atoms with E-state index in [1.165, 1.54) is 28.9 Å². The fourth-order valence-corrected chi connectivity index (χ4v) is 2.52. The van der Waals surface area contributed by atoms with Crippen molar-refractivity contribution in [3.8, 4) is 6.07 Å². The van der Waals surface area contributed by atoms with E-state index in [2.05, 4.69) is 10.4 Å². The highest BCUT2D eigenvalue weighted by atomic mass is 35.5. The van der Waals surface area contributed by atoms with Crippen molar-refractivity contribution >= 4 is 23.2 Å². The molecule has 3 rings (SSSR count). The number of anilines is 1. The Kier molecular flexibility index (Phi) is 5.11. The Balaban J connectivity index is 1.87. The lowest BCUT2D eigenvalue weighted by molar-refractivity contribution is 0.102. The highest BCUT2D eigenvalue weighted by Gasteiger charge is 2.13. The third kappa shape index (κ3) is 3.97. The van der Waals surface area contributed by atoms with Crippen molar-refractivity contribution in [2.75, 3.05) is 5.32 Å². The lowest BCUT2D eigenvalue weighted by Crippen LogP contribution is -2.26. The molecule has 3 aromatic rings. The van der Waals surface area contributed by atoms with Crippen LogP contribution in [0, 0.1) is 11.3 Å². The van der Waals surface area contributed by atoms with Gasteiger partial charge in [0.05, 0.1) is 17.8 Å². The molecule has 26 heavy (non-hydrogen) atoms. The number of nitrogens with zero attached hydrogens (tertiary/aromatic N) is 3. The number of aromatic nitrogens is 2. The van der Waals surface area contributed by atoms with Gasteiger partial charge in [-0.3, -0.25) is 9.59 Å². The van der Waals surface area contributed by atoms with E-state index in [0.717, 1.165) is 5.56 Å². The van der Waals surface area contributed by atoms with Crippen LogP contribution in [0.1, 0.15) is 21.6 Å². The summed E-state index contributed by atoms with van der Waals surface area (Å²) >= 11 is 5.92. The lowest BCUT2D eigenvalue weighted by atomic mass is 10.2. The number of hydrogen-bond donors (Lipinski definition) is 1. The minimum atomic E-state index is -0.537. The fourth-order valence-electron chi connectivity index (χ4n) is 2.34. The van der Waals surface area contributed by atoms with E-state index >= 15 is 0 Å². The molecule has 0 unspecified atom stereocenters. The van der Waals surface area contributed by atoms with E-state index in [0.29, 0.717) is 5.02 Å². The first-order valence-electron chi connectivity index (χ1n) is 7.70. The number of nitrogens with one attached hydrogen (secondary N) is 1. The van der Waals surface area contributed by atoms with Gasteiger partial charge < -0.3 is 5.32 Å². The zero-order valence-electron chi connectivity index (χ0n) is 13.5. The maximum Gasteiger partial charge on any atom is 0.276 e. The maximum absolute atomic E-state index is 12.5. The van der Waals surface area contributed by atoms with Gasteiger partial charge >= 0.3 is 0 Å². The number of benzene rings is 2. The van der Waals surface area contributed by atoms with Crippen LogP contribution in [0.2, 0.25) is 5.02 Å². The summed E-state index contributed by atoms with van der Waals surface area (Å²) in [4.78, 5) is 24.5. The first kappa shape index (κ1) is 17.4. The Labute approximate surface area is 154 Å². The van der Waals surface area contributed by atoms with Gasteiger partial charge in [0.2, 0.25) is 0 Å². The summed E-state index contributed by atoms with van der Waals surface area (Å²) in [5.74, 6) is -0.537. The molecule has 128 valence electrons. The number of rotatable bonds is 4. The topological polar surface area (TPSA) is 87.8 Å². The average molecular weight is 365 g/mol. The number of carbonyl (C=O) groups is 1. The predicted octanol–water partition coefficient (Wildman–Crippen LogP) is 3.07. The Morgan fingerprint density at radius 3 is 2.65 bits per heavy atom. The van der Waals surface area contributed by atoms with Gasteiger partial charge in [-0.25, -0.2) is 4.68 Å². The van der Waals surface area contributed by atoms with Crippen LogP contribution in [-0.2, 0) is 6.54 Å². The van der Waals surface area contributed by atoms with Gasteiger partial charge in [0.1, 0.15) is 11.8 Å². The van der Waals surface area contributed by atoms with Crippen molar-refractivity contribution in [3.05, 3.63) is 92.9 Å². The van der Waals surface area contributed by atoms with Crippen LogP contribution < -0.4 is 10.9 Å². The van der Waals surface area contributed by atoms with Gasteiger partial charge in [0.15, 0.2) is 0 Å². The van der Waals surface area contributed by atoms with Crippen molar-refractivity contribution in [1.29, 1.82) is 5.26 Å². The largest absolute Gasteiger partial charge is 0.319 e. The molecule has 0 aliphatic carbocycles. The van der Waals surface area contributed by atoms with Crippen LogP contribution in [0.25, 0.3) is 0 Å². The average Bonchev–Trinajstić information content (AvgIpc) is 2.64. The van der Waals surface area contributed by atoms with E-state index in [1.807, 2.05) is 36.4 Å². The third-order valence-electron chi connectivity index (χ3n) is 3.62. The Hall–Kier alpha value is -3.43. The maximum atomic E-state index is 12.5. The minimum Gasteiger partial charge on any atom is -0.319 e. The lowest BCUT2D eigenvalue weighted by Gasteiger charge is -2.09. The third-order valence-corrected chi connectivity index (χ3v) is 3.86. The van der Waals surface area contributed by atoms with Crippen molar-refractivity contribution in [2.45, 2.75) is 6.54 Å². The molecule has 1 aromatic heterocycles. The minimum absolute atomic E-state index is 0.0596. The highest BCUT2D eigenvalue weighted by Crippen LogP contribution is 2.20. The molecule has 2 aromatic carbocycles. The molecule has 1 amide bonds.